The maximum Gasteiger partial charge on any atom is 0.228 e. The van der Waals surface area contributed by atoms with E-state index in [1.54, 1.807) is 7.11 Å². The molecule has 1 atom stereocenters. The fourth-order valence-corrected chi connectivity index (χ4v) is 3.70. The van der Waals surface area contributed by atoms with Crippen molar-refractivity contribution < 1.29 is 14.3 Å². The number of carbonyl (C=O) groups excluding carboxylic acids is 1. The van der Waals surface area contributed by atoms with Crippen LogP contribution in [-0.2, 0) is 14.3 Å². The van der Waals surface area contributed by atoms with Crippen LogP contribution in [0.2, 0.25) is 0 Å². The number of morpholine rings is 1. The molecule has 0 spiro atoms. The summed E-state index contributed by atoms with van der Waals surface area (Å²) < 4.78 is 10.8. The van der Waals surface area contributed by atoms with Crippen molar-refractivity contribution in [1.29, 1.82) is 0 Å². The summed E-state index contributed by atoms with van der Waals surface area (Å²) in [6.45, 7) is 10.9. The molecule has 0 radical (unpaired) electrons. The number of rotatable bonds is 7. The van der Waals surface area contributed by atoms with Gasteiger partial charge in [-0.2, -0.15) is 0 Å². The lowest BCUT2D eigenvalue weighted by atomic mass is 9.78. The normalized spacial score (nSPS) is 23.7. The van der Waals surface area contributed by atoms with Crippen molar-refractivity contribution in [2.24, 2.45) is 11.3 Å². The Morgan fingerprint density at radius 1 is 1.30 bits per heavy atom. The van der Waals surface area contributed by atoms with Crippen LogP contribution < -0.4 is 10.6 Å². The van der Waals surface area contributed by atoms with Gasteiger partial charge in [-0.3, -0.25) is 9.69 Å². The number of nitrogens with one attached hydrogen (secondary N) is 2. The highest BCUT2D eigenvalue weighted by atomic mass is 16.5. The second kappa shape index (κ2) is 8.97. The Kier molecular flexibility index (Phi) is 7.27. The van der Waals surface area contributed by atoms with Gasteiger partial charge < -0.3 is 20.1 Å². The topological polar surface area (TPSA) is 62.8 Å². The molecule has 0 aromatic carbocycles. The third-order valence-electron chi connectivity index (χ3n) is 5.22. The van der Waals surface area contributed by atoms with E-state index in [4.69, 9.17) is 9.47 Å². The van der Waals surface area contributed by atoms with Crippen LogP contribution in [0, 0.1) is 11.3 Å². The zero-order chi connectivity index (χ0) is 16.7. The van der Waals surface area contributed by atoms with Gasteiger partial charge in [0.2, 0.25) is 5.91 Å². The molecule has 2 heterocycles. The number of nitrogens with zero attached hydrogens (tertiary/aromatic N) is 1. The predicted octanol–water partition coefficient (Wildman–Crippen LogP) is 0.476. The van der Waals surface area contributed by atoms with E-state index >= 15 is 0 Å². The quantitative estimate of drug-likeness (QED) is 0.712. The Bertz CT molecular complexity index is 359. The third kappa shape index (κ3) is 4.89. The maximum absolute atomic E-state index is 12.9. The summed E-state index contributed by atoms with van der Waals surface area (Å²) in [5, 5.41) is 6.56. The molecule has 2 rings (SSSR count). The number of carbonyl (C=O) groups is 1. The Morgan fingerprint density at radius 3 is 2.52 bits per heavy atom. The Balaban J connectivity index is 1.93. The lowest BCUT2D eigenvalue weighted by molar-refractivity contribution is -0.136. The van der Waals surface area contributed by atoms with Crippen LogP contribution in [0.3, 0.4) is 0 Å². The summed E-state index contributed by atoms with van der Waals surface area (Å²) in [7, 11) is 1.68. The van der Waals surface area contributed by atoms with Gasteiger partial charge in [0.15, 0.2) is 0 Å². The molecule has 6 nitrogen and oxygen atoms in total. The van der Waals surface area contributed by atoms with E-state index in [2.05, 4.69) is 29.4 Å². The molecule has 2 N–H and O–H groups in total. The minimum absolute atomic E-state index is 0.153. The van der Waals surface area contributed by atoms with Crippen LogP contribution in [0.5, 0.6) is 0 Å². The van der Waals surface area contributed by atoms with Gasteiger partial charge in [0.1, 0.15) is 0 Å². The third-order valence-corrected chi connectivity index (χ3v) is 5.22. The van der Waals surface area contributed by atoms with E-state index in [-0.39, 0.29) is 11.3 Å². The number of methoxy groups -OCH3 is 1. The Morgan fingerprint density at radius 2 is 1.96 bits per heavy atom. The molecule has 1 amide bonds. The average Bonchev–Trinajstić information content (AvgIpc) is 2.56. The number of hydrogen-bond donors (Lipinski definition) is 2. The molecular formula is C17H33N3O3. The first-order valence-electron chi connectivity index (χ1n) is 8.89. The summed E-state index contributed by atoms with van der Waals surface area (Å²) in [4.78, 5) is 15.3. The van der Waals surface area contributed by atoms with Crippen molar-refractivity contribution in [3.05, 3.63) is 0 Å². The molecule has 0 bridgehead atoms. The summed E-state index contributed by atoms with van der Waals surface area (Å²) >= 11 is 0. The largest absolute Gasteiger partial charge is 0.384 e. The molecule has 2 aliphatic heterocycles. The van der Waals surface area contributed by atoms with E-state index in [0.29, 0.717) is 25.1 Å². The van der Waals surface area contributed by atoms with Gasteiger partial charge in [-0.25, -0.2) is 0 Å². The smallest absolute Gasteiger partial charge is 0.228 e. The first-order valence-corrected chi connectivity index (χ1v) is 8.89. The predicted molar refractivity (Wildman–Crippen MR) is 90.4 cm³/mol. The van der Waals surface area contributed by atoms with Crippen molar-refractivity contribution in [3.63, 3.8) is 0 Å². The fraction of sp³-hybridized carbons (Fsp3) is 0.941. The van der Waals surface area contributed by atoms with Crippen molar-refractivity contribution in [3.8, 4) is 0 Å². The first-order chi connectivity index (χ1) is 11.1. The molecule has 0 aromatic rings. The van der Waals surface area contributed by atoms with Crippen LogP contribution in [0.15, 0.2) is 0 Å². The molecule has 6 heteroatoms. The molecule has 0 aromatic heterocycles. The van der Waals surface area contributed by atoms with Crippen molar-refractivity contribution in [2.45, 2.75) is 32.7 Å². The minimum atomic E-state index is -0.369. The van der Waals surface area contributed by atoms with Crippen LogP contribution >= 0.6 is 0 Å². The van der Waals surface area contributed by atoms with E-state index in [1.165, 1.54) is 0 Å². The minimum Gasteiger partial charge on any atom is -0.384 e. The summed E-state index contributed by atoms with van der Waals surface area (Å²) in [5.41, 5.74) is -0.369. The molecule has 23 heavy (non-hydrogen) atoms. The second-order valence-corrected chi connectivity index (χ2v) is 7.13. The SMILES string of the molecule is COCC1(C(=O)NCC(C(C)C)N2CCOCC2)CCNCC1. The number of amides is 1. The summed E-state index contributed by atoms with van der Waals surface area (Å²) in [5.74, 6) is 0.652. The second-order valence-electron chi connectivity index (χ2n) is 7.13. The van der Waals surface area contributed by atoms with Crippen molar-refractivity contribution in [2.75, 3.05) is 59.7 Å². The summed E-state index contributed by atoms with van der Waals surface area (Å²) in [6.07, 6.45) is 1.69. The molecule has 2 saturated heterocycles. The highest BCUT2D eigenvalue weighted by Gasteiger charge is 2.40. The van der Waals surface area contributed by atoms with Gasteiger partial charge in [0.05, 0.1) is 25.2 Å². The van der Waals surface area contributed by atoms with Crippen molar-refractivity contribution >= 4 is 5.91 Å². The van der Waals surface area contributed by atoms with Crippen molar-refractivity contribution in [1.82, 2.24) is 15.5 Å². The van der Waals surface area contributed by atoms with Crippen LogP contribution in [0.4, 0.5) is 0 Å². The van der Waals surface area contributed by atoms with Crippen LogP contribution in [0.25, 0.3) is 0 Å². The van der Waals surface area contributed by atoms with E-state index in [0.717, 1.165) is 52.2 Å². The molecule has 0 aliphatic carbocycles. The molecule has 2 aliphatic rings. The van der Waals surface area contributed by atoms with Gasteiger partial charge in [0.25, 0.3) is 0 Å². The maximum atomic E-state index is 12.9. The molecule has 0 saturated carbocycles. The lowest BCUT2D eigenvalue weighted by Crippen LogP contribution is -2.55. The number of hydrogen-bond acceptors (Lipinski definition) is 5. The summed E-state index contributed by atoms with van der Waals surface area (Å²) in [6, 6.07) is 0.365. The molecule has 2 fully saturated rings. The Hall–Kier alpha value is -0.690. The molecular weight excluding hydrogens is 294 g/mol. The standard InChI is InChI=1S/C17H33N3O3/c1-14(2)15(20-8-10-23-11-9-20)12-19-16(21)17(13-22-3)4-6-18-7-5-17/h14-15,18H,4-13H2,1-3H3,(H,19,21). The fourth-order valence-electron chi connectivity index (χ4n) is 3.70. The average molecular weight is 327 g/mol. The lowest BCUT2D eigenvalue weighted by Gasteiger charge is -2.39. The van der Waals surface area contributed by atoms with E-state index in [9.17, 15) is 4.79 Å². The van der Waals surface area contributed by atoms with Gasteiger partial charge >= 0.3 is 0 Å². The van der Waals surface area contributed by atoms with E-state index in [1.807, 2.05) is 0 Å². The Labute approximate surface area is 140 Å². The molecule has 1 unspecified atom stereocenters. The highest BCUT2D eigenvalue weighted by Crippen LogP contribution is 2.29. The van der Waals surface area contributed by atoms with E-state index < -0.39 is 0 Å². The van der Waals surface area contributed by atoms with Gasteiger partial charge in [-0.1, -0.05) is 13.8 Å². The van der Waals surface area contributed by atoms with Crippen LogP contribution in [-0.4, -0.2) is 76.5 Å². The van der Waals surface area contributed by atoms with Gasteiger partial charge in [-0.15, -0.1) is 0 Å². The first kappa shape index (κ1) is 18.6. The number of piperidine rings is 1. The monoisotopic (exact) mass is 327 g/mol. The zero-order valence-electron chi connectivity index (χ0n) is 14.9. The molecule has 134 valence electrons. The van der Waals surface area contributed by atoms with Crippen LogP contribution in [0.1, 0.15) is 26.7 Å². The zero-order valence-corrected chi connectivity index (χ0v) is 14.9. The number of ether oxygens (including phenoxy) is 2. The highest BCUT2D eigenvalue weighted by molar-refractivity contribution is 5.83. The van der Waals surface area contributed by atoms with Gasteiger partial charge in [0, 0.05) is 32.8 Å². The van der Waals surface area contributed by atoms with Gasteiger partial charge in [-0.05, 0) is 31.8 Å².